The van der Waals surface area contributed by atoms with E-state index in [-0.39, 0.29) is 0 Å². The minimum atomic E-state index is -3.54. The Labute approximate surface area is 137 Å². The second-order valence-corrected chi connectivity index (χ2v) is 8.84. The van der Waals surface area contributed by atoms with Crippen molar-refractivity contribution in [2.75, 3.05) is 11.3 Å². The average Bonchev–Trinajstić information content (AvgIpc) is 2.77. The van der Waals surface area contributed by atoms with Crippen LogP contribution in [0.2, 0.25) is 0 Å². The van der Waals surface area contributed by atoms with Crippen LogP contribution in [0.15, 0.2) is 39.0 Å². The molecule has 0 radical (unpaired) electrons. The summed E-state index contributed by atoms with van der Waals surface area (Å²) in [5, 5.41) is 3.23. The van der Waals surface area contributed by atoms with E-state index in [2.05, 4.69) is 26.0 Å². The molecule has 21 heavy (non-hydrogen) atoms. The maximum Gasteiger partial charge on any atom is 0.263 e. The predicted octanol–water partition coefficient (Wildman–Crippen LogP) is 3.73. The molecule has 0 saturated heterocycles. The predicted molar refractivity (Wildman–Crippen MR) is 91.4 cm³/mol. The van der Waals surface area contributed by atoms with Crippen LogP contribution in [0.3, 0.4) is 0 Å². The van der Waals surface area contributed by atoms with Crippen molar-refractivity contribution in [3.05, 3.63) is 44.6 Å². The summed E-state index contributed by atoms with van der Waals surface area (Å²) in [6.07, 6.45) is 0. The van der Waals surface area contributed by atoms with Crippen molar-refractivity contribution < 1.29 is 8.42 Å². The molecule has 0 atom stereocenters. The van der Waals surface area contributed by atoms with Gasteiger partial charge in [-0.3, -0.25) is 4.72 Å². The summed E-state index contributed by atoms with van der Waals surface area (Å²) in [6, 6.07) is 9.01. The van der Waals surface area contributed by atoms with Crippen LogP contribution in [0.4, 0.5) is 5.69 Å². The van der Waals surface area contributed by atoms with Crippen molar-refractivity contribution >= 4 is 43.0 Å². The van der Waals surface area contributed by atoms with Gasteiger partial charge in [-0.2, -0.15) is 0 Å². The number of halogens is 1. The maximum absolute atomic E-state index is 12.4. The summed E-state index contributed by atoms with van der Waals surface area (Å²) in [7, 11) is -3.54. The van der Waals surface area contributed by atoms with E-state index in [1.165, 1.54) is 11.3 Å². The molecule has 114 valence electrons. The van der Waals surface area contributed by atoms with Crippen molar-refractivity contribution in [3.63, 3.8) is 0 Å². The van der Waals surface area contributed by atoms with Gasteiger partial charge in [0.1, 0.15) is 4.90 Å². The molecule has 1 aromatic carbocycles. The van der Waals surface area contributed by atoms with Gasteiger partial charge >= 0.3 is 0 Å². The average molecular weight is 389 g/mol. The molecule has 0 aliphatic rings. The molecular formula is C14H17BrN2O2S2. The van der Waals surface area contributed by atoms with Gasteiger partial charge in [-0.1, -0.05) is 19.1 Å². The molecule has 2 rings (SSSR count). The molecule has 0 fully saturated rings. The molecule has 7 heteroatoms. The fraction of sp³-hybridized carbons (Fsp3) is 0.286. The van der Waals surface area contributed by atoms with E-state index in [1.807, 2.05) is 19.1 Å². The third-order valence-electron chi connectivity index (χ3n) is 2.92. The molecule has 4 nitrogen and oxygen atoms in total. The zero-order chi connectivity index (χ0) is 15.5. The SMILES string of the molecule is CCNCc1ccc(NS(=O)(=O)c2cc(Br)sc2C)cc1. The number of hydrogen-bond donors (Lipinski definition) is 2. The van der Waals surface area contributed by atoms with Crippen molar-refractivity contribution in [3.8, 4) is 0 Å². The number of thiophene rings is 1. The molecule has 0 aliphatic carbocycles. The van der Waals surface area contributed by atoms with Gasteiger partial charge in [0, 0.05) is 17.1 Å². The standard InChI is InChI=1S/C14H17BrN2O2S2/c1-3-16-9-11-4-6-12(7-5-11)17-21(18,19)13-8-14(15)20-10(13)2/h4-8,16-17H,3,9H2,1-2H3. The first kappa shape index (κ1) is 16.5. The highest BCUT2D eigenvalue weighted by Crippen LogP contribution is 2.30. The van der Waals surface area contributed by atoms with Gasteiger partial charge in [0.25, 0.3) is 10.0 Å². The molecule has 1 aromatic heterocycles. The summed E-state index contributed by atoms with van der Waals surface area (Å²) in [5.41, 5.74) is 1.69. The fourth-order valence-corrected chi connectivity index (χ4v) is 5.34. The normalized spacial score (nSPS) is 11.6. The molecule has 0 bridgehead atoms. The molecule has 2 N–H and O–H groups in total. The number of aryl methyl sites for hydroxylation is 1. The highest BCUT2D eigenvalue weighted by molar-refractivity contribution is 9.11. The first-order valence-corrected chi connectivity index (χ1v) is 9.60. The lowest BCUT2D eigenvalue weighted by Crippen LogP contribution is -2.14. The van der Waals surface area contributed by atoms with Crippen LogP contribution in [0.5, 0.6) is 0 Å². The van der Waals surface area contributed by atoms with Crippen LogP contribution in [0.25, 0.3) is 0 Å². The van der Waals surface area contributed by atoms with Crippen molar-refractivity contribution in [2.45, 2.75) is 25.3 Å². The van der Waals surface area contributed by atoms with Gasteiger partial charge in [0.15, 0.2) is 0 Å². The van der Waals surface area contributed by atoms with E-state index in [0.29, 0.717) is 10.6 Å². The number of rotatable bonds is 6. The molecule has 0 spiro atoms. The van der Waals surface area contributed by atoms with Gasteiger partial charge in [-0.05, 0) is 53.2 Å². The molecule has 0 amide bonds. The molecule has 2 aromatic rings. The Balaban J connectivity index is 2.15. The smallest absolute Gasteiger partial charge is 0.263 e. The second-order valence-electron chi connectivity index (χ2n) is 4.55. The summed E-state index contributed by atoms with van der Waals surface area (Å²) in [5.74, 6) is 0. The topological polar surface area (TPSA) is 58.2 Å². The minimum absolute atomic E-state index is 0.316. The van der Waals surface area contributed by atoms with E-state index in [9.17, 15) is 8.42 Å². The molecule has 0 aliphatic heterocycles. The highest BCUT2D eigenvalue weighted by atomic mass is 79.9. The van der Waals surface area contributed by atoms with Crippen LogP contribution >= 0.6 is 27.3 Å². The summed E-state index contributed by atoms with van der Waals surface area (Å²) >= 11 is 4.72. The fourth-order valence-electron chi connectivity index (χ4n) is 1.87. The van der Waals surface area contributed by atoms with Gasteiger partial charge in [0.2, 0.25) is 0 Å². The Morgan fingerprint density at radius 2 is 1.90 bits per heavy atom. The van der Waals surface area contributed by atoms with E-state index in [1.54, 1.807) is 25.1 Å². The lowest BCUT2D eigenvalue weighted by molar-refractivity contribution is 0.601. The van der Waals surface area contributed by atoms with Crippen LogP contribution in [-0.4, -0.2) is 15.0 Å². The Bertz CT molecular complexity index is 709. The van der Waals surface area contributed by atoms with Crippen LogP contribution in [-0.2, 0) is 16.6 Å². The van der Waals surface area contributed by atoms with Crippen LogP contribution in [0, 0.1) is 6.92 Å². The van der Waals surface area contributed by atoms with Crippen molar-refractivity contribution in [1.29, 1.82) is 0 Å². The van der Waals surface area contributed by atoms with Gasteiger partial charge in [-0.15, -0.1) is 11.3 Å². The third kappa shape index (κ3) is 4.29. The Kier molecular flexibility index (Phi) is 5.43. The lowest BCUT2D eigenvalue weighted by Gasteiger charge is -2.08. The zero-order valence-electron chi connectivity index (χ0n) is 11.8. The number of anilines is 1. The molecule has 0 saturated carbocycles. The van der Waals surface area contributed by atoms with E-state index in [4.69, 9.17) is 0 Å². The van der Waals surface area contributed by atoms with E-state index < -0.39 is 10.0 Å². The molecule has 0 unspecified atom stereocenters. The molecular weight excluding hydrogens is 372 g/mol. The minimum Gasteiger partial charge on any atom is -0.313 e. The Morgan fingerprint density at radius 3 is 2.43 bits per heavy atom. The Hall–Kier alpha value is -0.890. The zero-order valence-corrected chi connectivity index (χ0v) is 15.0. The highest BCUT2D eigenvalue weighted by Gasteiger charge is 2.19. The van der Waals surface area contributed by atoms with Crippen molar-refractivity contribution in [2.24, 2.45) is 0 Å². The van der Waals surface area contributed by atoms with Crippen LogP contribution in [0.1, 0.15) is 17.4 Å². The van der Waals surface area contributed by atoms with E-state index in [0.717, 1.165) is 27.3 Å². The van der Waals surface area contributed by atoms with Crippen molar-refractivity contribution in [1.82, 2.24) is 5.32 Å². The number of nitrogens with one attached hydrogen (secondary N) is 2. The quantitative estimate of drug-likeness (QED) is 0.792. The largest absolute Gasteiger partial charge is 0.313 e. The van der Waals surface area contributed by atoms with Gasteiger partial charge < -0.3 is 5.32 Å². The van der Waals surface area contributed by atoms with Gasteiger partial charge in [-0.25, -0.2) is 8.42 Å². The van der Waals surface area contributed by atoms with E-state index >= 15 is 0 Å². The summed E-state index contributed by atoms with van der Waals surface area (Å²) in [6.45, 7) is 5.52. The second kappa shape index (κ2) is 6.91. The summed E-state index contributed by atoms with van der Waals surface area (Å²) < 4.78 is 28.1. The van der Waals surface area contributed by atoms with Crippen LogP contribution < -0.4 is 10.0 Å². The first-order valence-electron chi connectivity index (χ1n) is 6.51. The number of sulfonamides is 1. The third-order valence-corrected chi connectivity index (χ3v) is 6.11. The number of hydrogen-bond acceptors (Lipinski definition) is 4. The monoisotopic (exact) mass is 388 g/mol. The summed E-state index contributed by atoms with van der Waals surface area (Å²) in [4.78, 5) is 1.08. The lowest BCUT2D eigenvalue weighted by atomic mass is 10.2. The first-order chi connectivity index (χ1) is 9.92. The Morgan fingerprint density at radius 1 is 1.24 bits per heavy atom. The maximum atomic E-state index is 12.4. The van der Waals surface area contributed by atoms with Gasteiger partial charge in [0.05, 0.1) is 3.79 Å². The molecule has 1 heterocycles. The number of benzene rings is 1.